The number of amides is 1. The fraction of sp³-hybridized carbons (Fsp3) is 0.667. The molecule has 2 bridgehead atoms. The number of benzene rings is 1. The van der Waals surface area contributed by atoms with Gasteiger partial charge in [0, 0.05) is 18.0 Å². The highest BCUT2D eigenvalue weighted by molar-refractivity contribution is 7.88. The zero-order chi connectivity index (χ0) is 23.6. The molecule has 1 amide bonds. The molecule has 2 aliphatic rings. The molecule has 6 nitrogen and oxygen atoms in total. The van der Waals surface area contributed by atoms with Crippen LogP contribution < -0.4 is 4.18 Å². The molecule has 0 N–H and O–H groups in total. The first-order valence-electron chi connectivity index (χ1n) is 10.0. The van der Waals surface area contributed by atoms with Crippen LogP contribution in [0.3, 0.4) is 0 Å². The van der Waals surface area contributed by atoms with E-state index in [1.54, 1.807) is 31.7 Å². The topological polar surface area (TPSA) is 72.9 Å². The molecule has 1 heterocycles. The van der Waals surface area contributed by atoms with Crippen molar-refractivity contribution in [1.82, 2.24) is 4.90 Å². The van der Waals surface area contributed by atoms with E-state index < -0.39 is 38.2 Å². The average Bonchev–Trinajstić information content (AvgIpc) is 2.56. The Morgan fingerprint density at radius 3 is 2.32 bits per heavy atom. The molecule has 1 aliphatic carbocycles. The van der Waals surface area contributed by atoms with Gasteiger partial charge in [0.25, 0.3) is 0 Å². The highest BCUT2D eigenvalue weighted by Crippen LogP contribution is 2.56. The lowest BCUT2D eigenvalue weighted by Crippen LogP contribution is -2.65. The van der Waals surface area contributed by atoms with Gasteiger partial charge in [-0.05, 0) is 62.3 Å². The standard InChI is InChI=1S/C21H28F3NO5S/c1-18(2,3)29-17(26)25-10-9-20(6)15-12-14(30-31(27,28)21(22,23)24)8-7-13(15)11-16(25)19(20,4)5/h7-8,12,16H,9-11H2,1-6H3. The molecule has 0 aromatic heterocycles. The number of carbonyl (C=O) groups is 1. The Balaban J connectivity index is 1.99. The first-order chi connectivity index (χ1) is 13.9. The molecular formula is C21H28F3NO5S. The van der Waals surface area contributed by atoms with Crippen LogP contribution in [0.25, 0.3) is 0 Å². The molecule has 0 spiro atoms. The Morgan fingerprint density at radius 1 is 1.16 bits per heavy atom. The Labute approximate surface area is 180 Å². The number of hydrogen-bond acceptors (Lipinski definition) is 5. The molecule has 2 atom stereocenters. The third kappa shape index (κ3) is 3.99. The smallest absolute Gasteiger partial charge is 0.444 e. The maximum Gasteiger partial charge on any atom is 0.534 e. The Bertz CT molecular complexity index is 997. The van der Waals surface area contributed by atoms with E-state index in [0.29, 0.717) is 19.4 Å². The SMILES string of the molecule is CC(C)(C)OC(=O)N1CCC2(C)c3cc(OS(=O)(=O)C(F)(F)F)ccc3CC1C2(C)C. The van der Waals surface area contributed by atoms with Gasteiger partial charge in [0.2, 0.25) is 0 Å². The molecule has 174 valence electrons. The van der Waals surface area contributed by atoms with Crippen LogP contribution in [0.15, 0.2) is 18.2 Å². The highest BCUT2D eigenvalue weighted by atomic mass is 32.2. The molecule has 3 rings (SSSR count). The number of carbonyl (C=O) groups excluding carboxylic acids is 1. The fourth-order valence-corrected chi connectivity index (χ4v) is 5.10. The minimum absolute atomic E-state index is 0.181. The molecular weight excluding hydrogens is 435 g/mol. The first kappa shape index (κ1) is 23.7. The van der Waals surface area contributed by atoms with Gasteiger partial charge in [0.15, 0.2) is 0 Å². The van der Waals surface area contributed by atoms with Crippen molar-refractivity contribution in [1.29, 1.82) is 0 Å². The second-order valence-corrected chi connectivity index (χ2v) is 11.5. The van der Waals surface area contributed by atoms with Crippen molar-refractivity contribution in [2.75, 3.05) is 6.54 Å². The Morgan fingerprint density at radius 2 is 1.77 bits per heavy atom. The van der Waals surface area contributed by atoms with E-state index in [1.165, 1.54) is 12.1 Å². The van der Waals surface area contributed by atoms with Crippen LogP contribution in [-0.2, 0) is 26.7 Å². The van der Waals surface area contributed by atoms with Crippen molar-refractivity contribution in [3.05, 3.63) is 29.3 Å². The van der Waals surface area contributed by atoms with E-state index in [9.17, 15) is 26.4 Å². The zero-order valence-corrected chi connectivity index (χ0v) is 19.3. The summed E-state index contributed by atoms with van der Waals surface area (Å²) in [6, 6.07) is 4.01. The number of rotatable bonds is 2. The van der Waals surface area contributed by atoms with Gasteiger partial charge in [-0.15, -0.1) is 0 Å². The van der Waals surface area contributed by atoms with Crippen LogP contribution in [0, 0.1) is 5.41 Å². The predicted octanol–water partition coefficient (Wildman–Crippen LogP) is 4.76. The molecule has 1 aliphatic heterocycles. The summed E-state index contributed by atoms with van der Waals surface area (Å²) < 4.78 is 71.0. The van der Waals surface area contributed by atoms with Gasteiger partial charge < -0.3 is 13.8 Å². The molecule has 1 aromatic rings. The molecule has 2 unspecified atom stereocenters. The van der Waals surface area contributed by atoms with Crippen LogP contribution in [0.4, 0.5) is 18.0 Å². The minimum atomic E-state index is -5.75. The summed E-state index contributed by atoms with van der Waals surface area (Å²) in [5.74, 6) is -0.374. The van der Waals surface area contributed by atoms with Gasteiger partial charge in [-0.2, -0.15) is 21.6 Å². The number of piperidine rings is 1. The summed E-state index contributed by atoms with van der Waals surface area (Å²) in [5, 5.41) is 0. The summed E-state index contributed by atoms with van der Waals surface area (Å²) >= 11 is 0. The number of hydrogen-bond donors (Lipinski definition) is 0. The summed E-state index contributed by atoms with van der Waals surface area (Å²) in [6.07, 6.45) is 0.620. The van der Waals surface area contributed by atoms with E-state index in [1.807, 2.05) is 20.8 Å². The van der Waals surface area contributed by atoms with Crippen LogP contribution in [0.1, 0.15) is 59.1 Å². The van der Waals surface area contributed by atoms with Crippen molar-refractivity contribution in [3.8, 4) is 5.75 Å². The van der Waals surface area contributed by atoms with Crippen LogP contribution >= 0.6 is 0 Å². The Hall–Kier alpha value is -1.97. The Kier molecular flexibility index (Phi) is 5.36. The normalized spacial score (nSPS) is 25.6. The number of alkyl halides is 3. The second-order valence-electron chi connectivity index (χ2n) is 10.00. The van der Waals surface area contributed by atoms with Crippen molar-refractivity contribution in [2.24, 2.45) is 5.41 Å². The lowest BCUT2D eigenvalue weighted by atomic mass is 9.51. The third-order valence-corrected chi connectivity index (χ3v) is 7.67. The molecule has 1 aromatic carbocycles. The van der Waals surface area contributed by atoms with Crippen molar-refractivity contribution in [3.63, 3.8) is 0 Å². The molecule has 0 radical (unpaired) electrons. The fourth-order valence-electron chi connectivity index (χ4n) is 4.65. The lowest BCUT2D eigenvalue weighted by molar-refractivity contribution is -0.0522. The summed E-state index contributed by atoms with van der Waals surface area (Å²) in [5.41, 5.74) is -5.51. The third-order valence-electron chi connectivity index (χ3n) is 6.69. The number of nitrogens with zero attached hydrogens (tertiary/aromatic N) is 1. The summed E-state index contributed by atoms with van der Waals surface area (Å²) in [4.78, 5) is 14.6. The van der Waals surface area contributed by atoms with E-state index >= 15 is 0 Å². The summed E-state index contributed by atoms with van der Waals surface area (Å²) in [6.45, 7) is 11.8. The van der Waals surface area contributed by atoms with Crippen LogP contribution in [-0.4, -0.2) is 43.1 Å². The monoisotopic (exact) mass is 463 g/mol. The van der Waals surface area contributed by atoms with Crippen molar-refractivity contribution < 1.29 is 35.3 Å². The maximum absolute atomic E-state index is 12.8. The summed E-state index contributed by atoms with van der Waals surface area (Å²) in [7, 11) is -5.75. The number of halogens is 3. The largest absolute Gasteiger partial charge is 0.534 e. The van der Waals surface area contributed by atoms with Gasteiger partial charge in [-0.3, -0.25) is 0 Å². The lowest BCUT2D eigenvalue weighted by Gasteiger charge is -2.60. The second kappa shape index (κ2) is 7.02. The van der Waals surface area contributed by atoms with Gasteiger partial charge in [-0.25, -0.2) is 4.79 Å². The number of likely N-dealkylation sites (tertiary alicyclic amines) is 1. The van der Waals surface area contributed by atoms with E-state index in [-0.39, 0.29) is 11.8 Å². The quantitative estimate of drug-likeness (QED) is 0.467. The van der Waals surface area contributed by atoms with Crippen LogP contribution in [0.5, 0.6) is 5.75 Å². The minimum Gasteiger partial charge on any atom is -0.444 e. The molecule has 10 heteroatoms. The van der Waals surface area contributed by atoms with Gasteiger partial charge in [0.05, 0.1) is 0 Å². The number of fused-ring (bicyclic) bond motifs is 4. The van der Waals surface area contributed by atoms with Crippen molar-refractivity contribution in [2.45, 2.75) is 77.0 Å². The first-order valence-corrected chi connectivity index (χ1v) is 11.4. The highest BCUT2D eigenvalue weighted by Gasteiger charge is 2.57. The molecule has 0 saturated carbocycles. The number of ether oxygens (including phenoxy) is 1. The van der Waals surface area contributed by atoms with Crippen LogP contribution in [0.2, 0.25) is 0 Å². The zero-order valence-electron chi connectivity index (χ0n) is 18.5. The van der Waals surface area contributed by atoms with Gasteiger partial charge in [0.1, 0.15) is 11.4 Å². The van der Waals surface area contributed by atoms with E-state index in [0.717, 1.165) is 11.1 Å². The van der Waals surface area contributed by atoms with E-state index in [4.69, 9.17) is 4.74 Å². The van der Waals surface area contributed by atoms with Gasteiger partial charge in [-0.1, -0.05) is 26.8 Å². The van der Waals surface area contributed by atoms with Gasteiger partial charge >= 0.3 is 21.7 Å². The molecule has 1 saturated heterocycles. The van der Waals surface area contributed by atoms with Crippen molar-refractivity contribution >= 4 is 16.2 Å². The predicted molar refractivity (Wildman–Crippen MR) is 108 cm³/mol. The molecule has 1 fully saturated rings. The molecule has 31 heavy (non-hydrogen) atoms. The maximum atomic E-state index is 12.8. The average molecular weight is 464 g/mol. The van der Waals surface area contributed by atoms with E-state index in [2.05, 4.69) is 4.18 Å².